The van der Waals surface area contributed by atoms with E-state index in [-0.39, 0.29) is 22.1 Å². The van der Waals surface area contributed by atoms with Gasteiger partial charge in [0.1, 0.15) is 0 Å². The van der Waals surface area contributed by atoms with Crippen molar-refractivity contribution in [3.05, 3.63) is 79.7 Å². The predicted octanol–water partition coefficient (Wildman–Crippen LogP) is 5.68. The number of ketones is 1. The van der Waals surface area contributed by atoms with Crippen LogP contribution in [0.25, 0.3) is 11.1 Å². The van der Waals surface area contributed by atoms with Gasteiger partial charge in [-0.2, -0.15) is 0 Å². The van der Waals surface area contributed by atoms with E-state index in [1.54, 1.807) is 0 Å². The summed E-state index contributed by atoms with van der Waals surface area (Å²) < 4.78 is 0.642. The van der Waals surface area contributed by atoms with Crippen molar-refractivity contribution in [2.24, 2.45) is 4.99 Å². The number of nitrogens with one attached hydrogen (secondary N) is 1. The number of aryl methyl sites for hydroxylation is 3. The Balaban J connectivity index is 2.28. The molecule has 0 bridgehead atoms. The Morgan fingerprint density at radius 1 is 1.09 bits per heavy atom. The number of hydrogen-bond donors (Lipinski definition) is 1. The van der Waals surface area contributed by atoms with Gasteiger partial charge in [0, 0.05) is 0 Å². The molecule has 3 rings (SSSR count). The van der Waals surface area contributed by atoms with Gasteiger partial charge in [-0.15, -0.1) is 0 Å². The first kappa shape index (κ1) is 24.2. The van der Waals surface area contributed by atoms with Crippen LogP contribution in [0.2, 0.25) is 5.15 Å². The number of hydrogen-bond acceptors (Lipinski definition) is 3. The summed E-state index contributed by atoms with van der Waals surface area (Å²) in [7, 11) is 0. The number of halogens is 1. The van der Waals surface area contributed by atoms with Gasteiger partial charge < -0.3 is 0 Å². The van der Waals surface area contributed by atoms with Gasteiger partial charge in [-0.1, -0.05) is 0 Å². The molecule has 0 unspecified atom stereocenters. The number of carbonyl (C=O) groups excluding carboxylic acids is 1. The molecular formula is C26H26ClCoN2O2. The fraction of sp³-hybridized carbons (Fsp3) is 0.269. The van der Waals surface area contributed by atoms with Crippen LogP contribution in [-0.4, -0.2) is 17.0 Å². The van der Waals surface area contributed by atoms with E-state index in [1.807, 2.05) is 77.9 Å². The molecule has 168 valence electrons. The molecule has 0 aliphatic carbocycles. The number of rotatable bonds is 4. The molecule has 6 heteroatoms. The van der Waals surface area contributed by atoms with Gasteiger partial charge in [0.2, 0.25) is 0 Å². The molecule has 3 aromatic rings. The Kier molecular flexibility index (Phi) is 6.93. The Labute approximate surface area is 201 Å². The van der Waals surface area contributed by atoms with Crippen molar-refractivity contribution in [1.82, 2.24) is 4.98 Å². The fourth-order valence-electron chi connectivity index (χ4n) is 4.00. The molecule has 0 aliphatic rings. The van der Waals surface area contributed by atoms with Crippen LogP contribution in [0.3, 0.4) is 0 Å². The summed E-state index contributed by atoms with van der Waals surface area (Å²) in [6, 6.07) is 11.4. The van der Waals surface area contributed by atoms with Gasteiger partial charge in [-0.05, 0) is 0 Å². The topological polar surface area (TPSA) is 62.3 Å². The van der Waals surface area contributed by atoms with E-state index < -0.39 is 5.41 Å². The number of pyridine rings is 1. The van der Waals surface area contributed by atoms with Crippen molar-refractivity contribution in [3.8, 4) is 11.1 Å². The monoisotopic (exact) mass is 492 g/mol. The summed E-state index contributed by atoms with van der Waals surface area (Å²) in [6.07, 6.45) is 1.28. The molecule has 32 heavy (non-hydrogen) atoms. The third-order valence-corrected chi connectivity index (χ3v) is 5.97. The zero-order valence-electron chi connectivity index (χ0n) is 19.0. The molecule has 0 atom stereocenters. The van der Waals surface area contributed by atoms with Crippen molar-refractivity contribution in [2.45, 2.75) is 47.0 Å². The minimum absolute atomic E-state index is 0.0115. The van der Waals surface area contributed by atoms with Crippen LogP contribution < -0.4 is 10.1 Å². The van der Waals surface area contributed by atoms with E-state index in [9.17, 15) is 9.59 Å². The zero-order chi connectivity index (χ0) is 23.8. The summed E-state index contributed by atoms with van der Waals surface area (Å²) in [4.78, 5) is 33.5. The second kappa shape index (κ2) is 9.18. The van der Waals surface area contributed by atoms with Crippen LogP contribution in [0.15, 0.2) is 46.2 Å². The van der Waals surface area contributed by atoms with Crippen LogP contribution in [0, 0.1) is 20.8 Å². The molecule has 4 nitrogen and oxygen atoms in total. The van der Waals surface area contributed by atoms with Gasteiger partial charge in [0.05, 0.1) is 0 Å². The molecule has 1 aromatic heterocycles. The average molecular weight is 493 g/mol. The van der Waals surface area contributed by atoms with Gasteiger partial charge in [0.15, 0.2) is 0 Å². The maximum absolute atomic E-state index is 13.4. The molecule has 0 radical (unpaired) electrons. The predicted molar refractivity (Wildman–Crippen MR) is 129 cm³/mol. The molecular weight excluding hydrogens is 467 g/mol. The van der Waals surface area contributed by atoms with E-state index in [2.05, 4.69) is 25.7 Å². The van der Waals surface area contributed by atoms with Gasteiger partial charge in [-0.3, -0.25) is 0 Å². The number of aromatic nitrogens is 1. The first-order chi connectivity index (χ1) is 14.9. The molecule has 0 saturated heterocycles. The molecule has 2 aromatic carbocycles. The summed E-state index contributed by atoms with van der Waals surface area (Å²) >= 11 is 11.1. The van der Waals surface area contributed by atoms with Gasteiger partial charge in [-0.25, -0.2) is 0 Å². The summed E-state index contributed by atoms with van der Waals surface area (Å²) in [5, 5.41) is -0.0115. The van der Waals surface area contributed by atoms with Crippen molar-refractivity contribution < 1.29 is 20.5 Å². The summed E-state index contributed by atoms with van der Waals surface area (Å²) in [6.45, 7) is 11.7. The van der Waals surface area contributed by atoms with Crippen molar-refractivity contribution in [2.75, 3.05) is 0 Å². The Morgan fingerprint density at radius 3 is 2.25 bits per heavy atom. The molecule has 1 heterocycles. The van der Waals surface area contributed by atoms with Crippen molar-refractivity contribution in [3.63, 3.8) is 0 Å². The standard InChI is InChI=1S/C26H26ClN2O2.Co/c1-15-12-16(2)23(17(3)13-15)28-14-19(30)21-20(18-10-8-7-9-11-18)22(26(4,5)6)25(31)29-24(21)27;/h7-10,12-14H,1-6H3,(H,29,31);. The normalized spacial score (nSPS) is 11.9. The minimum atomic E-state index is -0.543. The fourth-order valence-corrected chi connectivity index (χ4v) is 4.59. The van der Waals surface area contributed by atoms with Crippen LogP contribution >= 0.6 is 11.6 Å². The van der Waals surface area contributed by atoms with Crippen LogP contribution in [0.5, 0.6) is 0 Å². The Morgan fingerprint density at radius 2 is 1.69 bits per heavy atom. The number of Topliss-reactive ketones (excluding diaryl/α,β-unsaturated/α-hetero) is 1. The molecule has 0 aliphatic heterocycles. The van der Waals surface area contributed by atoms with Crippen molar-refractivity contribution in [1.29, 1.82) is 0 Å². The maximum atomic E-state index is 13.4. The van der Waals surface area contributed by atoms with E-state index in [1.165, 1.54) is 6.21 Å². The average Bonchev–Trinajstić information content (AvgIpc) is 2.65. The SMILES string of the molecule is Cc1cc(C)c(N=CC(=O)c2c(Cl)[nH]c(=O)c(C(C)(C)C)c2-c2cccc[c]2[Co])c(C)c1. The Hall–Kier alpha value is -2.47. The number of aromatic amines is 1. The number of nitrogens with zero attached hydrogens (tertiary/aromatic N) is 1. The van der Waals surface area contributed by atoms with Crippen LogP contribution in [-0.2, 0) is 21.2 Å². The molecule has 1 N–H and O–H groups in total. The van der Waals surface area contributed by atoms with Gasteiger partial charge >= 0.3 is 202 Å². The van der Waals surface area contributed by atoms with E-state index in [0.29, 0.717) is 21.2 Å². The number of H-pyrrole nitrogens is 1. The molecule has 0 amide bonds. The first-order valence-electron chi connectivity index (χ1n) is 10.3. The van der Waals surface area contributed by atoms with Crippen LogP contribution in [0.1, 0.15) is 53.4 Å². The second-order valence-corrected chi connectivity index (χ2v) is 9.91. The number of benzene rings is 2. The van der Waals surface area contributed by atoms with Crippen molar-refractivity contribution >= 4 is 33.8 Å². The zero-order valence-corrected chi connectivity index (χ0v) is 20.8. The Bertz CT molecular complexity index is 1280. The quantitative estimate of drug-likeness (QED) is 0.289. The number of carbonyl (C=O) groups is 1. The van der Waals surface area contributed by atoms with E-state index in [0.717, 1.165) is 22.4 Å². The third kappa shape index (κ3) is 4.80. The number of aliphatic imine (C=N–C) groups is 1. The van der Waals surface area contributed by atoms with E-state index in [4.69, 9.17) is 11.6 Å². The molecule has 0 saturated carbocycles. The molecule has 0 spiro atoms. The first-order valence-corrected chi connectivity index (χ1v) is 11.2. The van der Waals surface area contributed by atoms with E-state index >= 15 is 0 Å². The summed E-state index contributed by atoms with van der Waals surface area (Å²) in [5.74, 6) is -0.387. The van der Waals surface area contributed by atoms with Crippen LogP contribution in [0.4, 0.5) is 5.69 Å². The molecule has 0 fully saturated rings. The third-order valence-electron chi connectivity index (χ3n) is 5.24. The van der Waals surface area contributed by atoms with Gasteiger partial charge in [0.25, 0.3) is 0 Å². The summed E-state index contributed by atoms with van der Waals surface area (Å²) in [5.41, 5.74) is 4.82. The second-order valence-electron chi connectivity index (χ2n) is 8.97.